The highest BCUT2D eigenvalue weighted by Gasteiger charge is 2.30. The number of thiazole rings is 1. The summed E-state index contributed by atoms with van der Waals surface area (Å²) in [6.45, 7) is 14.9. The zero-order valence-corrected chi connectivity index (χ0v) is 38.6. The van der Waals surface area contributed by atoms with Crippen LogP contribution in [-0.4, -0.2) is 109 Å². The number of rotatable bonds is 13. The number of nitrogens with zero attached hydrogens (tertiary/aromatic N) is 8. The average molecular weight is 910 g/mol. The third-order valence-corrected chi connectivity index (χ3v) is 15.3. The summed E-state index contributed by atoms with van der Waals surface area (Å²) in [4.78, 5) is 50.7. The van der Waals surface area contributed by atoms with Crippen molar-refractivity contribution in [3.63, 3.8) is 0 Å². The molecule has 3 aromatic heterocycles. The molecule has 18 heteroatoms. The molecule has 1 atom stereocenters. The first-order chi connectivity index (χ1) is 30.6. The van der Waals surface area contributed by atoms with Gasteiger partial charge in [0.05, 0.1) is 44.8 Å². The van der Waals surface area contributed by atoms with Crippen LogP contribution in [0.2, 0.25) is 0 Å². The molecule has 3 aliphatic heterocycles. The van der Waals surface area contributed by atoms with Gasteiger partial charge in [0.25, 0.3) is 0 Å². The lowest BCUT2D eigenvalue weighted by atomic mass is 9.90. The van der Waals surface area contributed by atoms with E-state index >= 15 is 4.39 Å². The van der Waals surface area contributed by atoms with Crippen molar-refractivity contribution >= 4 is 62.2 Å². The fourth-order valence-electron chi connectivity index (χ4n) is 8.34. The van der Waals surface area contributed by atoms with Crippen LogP contribution in [0.5, 0.6) is 0 Å². The summed E-state index contributed by atoms with van der Waals surface area (Å²) in [5.41, 5.74) is 3.74. The molecule has 0 radical (unpaired) electrons. The molecule has 8 rings (SSSR count). The second kappa shape index (κ2) is 18.9. The Balaban J connectivity index is 0.856. The number of anilines is 5. The summed E-state index contributed by atoms with van der Waals surface area (Å²) >= 11 is 1.41. The van der Waals surface area contributed by atoms with Crippen molar-refractivity contribution in [2.75, 3.05) is 79.2 Å². The van der Waals surface area contributed by atoms with E-state index in [1.54, 1.807) is 31.3 Å². The molecule has 0 spiro atoms. The minimum Gasteiger partial charge on any atom is -0.372 e. The zero-order chi connectivity index (χ0) is 45.2. The van der Waals surface area contributed by atoms with Crippen LogP contribution in [0.1, 0.15) is 69.9 Å². The Morgan fingerprint density at radius 3 is 2.28 bits per heavy atom. The lowest BCUT2D eigenvalue weighted by Crippen LogP contribution is -2.49. The van der Waals surface area contributed by atoms with Gasteiger partial charge in [-0.2, -0.15) is 12.7 Å². The Bertz CT molecular complexity index is 2570. The molecule has 3 N–H and O–H groups in total. The molecular formula is C46H56FN11O4S2. The van der Waals surface area contributed by atoms with E-state index in [4.69, 9.17) is 15.0 Å². The van der Waals surface area contributed by atoms with Crippen LogP contribution < -0.4 is 25.2 Å². The van der Waals surface area contributed by atoms with Gasteiger partial charge >= 0.3 is 10.2 Å². The normalized spacial score (nSPS) is 18.1. The molecule has 5 aromatic rings. The van der Waals surface area contributed by atoms with E-state index in [0.717, 1.165) is 79.2 Å². The van der Waals surface area contributed by atoms with Gasteiger partial charge in [-0.05, 0) is 73.2 Å². The first-order valence-corrected chi connectivity index (χ1v) is 24.2. The second-order valence-electron chi connectivity index (χ2n) is 17.7. The molecule has 3 fully saturated rings. The summed E-state index contributed by atoms with van der Waals surface area (Å²) in [6, 6.07) is 18.6. The van der Waals surface area contributed by atoms with E-state index < -0.39 is 16.0 Å². The number of carbonyl (C=O) groups is 2. The maximum absolute atomic E-state index is 16.2. The third kappa shape index (κ3) is 10.2. The fraction of sp³-hybridized carbons (Fsp3) is 0.435. The lowest BCUT2D eigenvalue weighted by Gasteiger charge is -2.40. The average Bonchev–Trinajstić information content (AvgIpc) is 3.74. The van der Waals surface area contributed by atoms with Gasteiger partial charge in [-0.25, -0.2) is 24.3 Å². The van der Waals surface area contributed by atoms with E-state index in [2.05, 4.69) is 53.2 Å². The van der Waals surface area contributed by atoms with Gasteiger partial charge < -0.3 is 15.1 Å². The summed E-state index contributed by atoms with van der Waals surface area (Å²) < 4.78 is 45.2. The van der Waals surface area contributed by atoms with Crippen LogP contribution >= 0.6 is 11.3 Å². The number of pyridine rings is 1. The topological polar surface area (TPSA) is 169 Å². The molecule has 0 saturated carbocycles. The summed E-state index contributed by atoms with van der Waals surface area (Å²) in [6.07, 6.45) is 6.73. The number of benzene rings is 2. The van der Waals surface area contributed by atoms with Gasteiger partial charge in [-0.3, -0.25) is 24.5 Å². The maximum atomic E-state index is 16.2. The summed E-state index contributed by atoms with van der Waals surface area (Å²) in [5.74, 6) is 0.177. The predicted octanol–water partition coefficient (Wildman–Crippen LogP) is 7.01. The van der Waals surface area contributed by atoms with Crippen molar-refractivity contribution in [3.05, 3.63) is 89.4 Å². The van der Waals surface area contributed by atoms with E-state index in [1.807, 2.05) is 45.2 Å². The molecule has 2 amide bonds. The summed E-state index contributed by atoms with van der Waals surface area (Å²) in [5, 5.41) is 6.46. The molecule has 0 bridgehead atoms. The smallest absolute Gasteiger partial charge is 0.301 e. The van der Waals surface area contributed by atoms with Crippen LogP contribution in [0.25, 0.3) is 21.8 Å². The largest absolute Gasteiger partial charge is 0.372 e. The number of piperidine rings is 2. The highest BCUT2D eigenvalue weighted by atomic mass is 32.2. The molecular weight excluding hydrogens is 854 g/mol. The van der Waals surface area contributed by atoms with Crippen LogP contribution in [0, 0.1) is 11.7 Å². The molecule has 64 heavy (non-hydrogen) atoms. The molecule has 338 valence electrons. The van der Waals surface area contributed by atoms with Crippen LogP contribution in [0.15, 0.2) is 73.1 Å². The predicted molar refractivity (Wildman–Crippen MR) is 251 cm³/mol. The van der Waals surface area contributed by atoms with Crippen molar-refractivity contribution in [1.29, 1.82) is 0 Å². The molecule has 0 aliphatic carbocycles. The Kier molecular flexibility index (Phi) is 13.3. The number of halogens is 1. The summed E-state index contributed by atoms with van der Waals surface area (Å²) in [7, 11) is -2.53. The minimum atomic E-state index is -3.96. The number of nitrogens with one attached hydrogen (secondary N) is 3. The van der Waals surface area contributed by atoms with E-state index in [1.165, 1.54) is 30.1 Å². The molecule has 3 saturated heterocycles. The quantitative estimate of drug-likeness (QED) is 0.104. The Morgan fingerprint density at radius 2 is 1.61 bits per heavy atom. The number of piperazine rings is 1. The van der Waals surface area contributed by atoms with Gasteiger partial charge in [0.2, 0.25) is 17.8 Å². The van der Waals surface area contributed by atoms with E-state index in [0.29, 0.717) is 46.8 Å². The molecule has 0 unspecified atom stereocenters. The van der Waals surface area contributed by atoms with Gasteiger partial charge in [0, 0.05) is 88.7 Å². The van der Waals surface area contributed by atoms with Crippen LogP contribution in [0.3, 0.4) is 0 Å². The maximum Gasteiger partial charge on any atom is 0.301 e. The molecule has 3 aliphatic rings. The van der Waals surface area contributed by atoms with Gasteiger partial charge in [0.15, 0.2) is 5.82 Å². The Morgan fingerprint density at radius 1 is 0.891 bits per heavy atom. The third-order valence-electron chi connectivity index (χ3n) is 12.3. The first kappa shape index (κ1) is 45.0. The number of hydrogen-bond acceptors (Lipinski definition) is 13. The molecule has 6 heterocycles. The first-order valence-electron chi connectivity index (χ1n) is 21.9. The van der Waals surface area contributed by atoms with Crippen molar-refractivity contribution in [2.45, 2.75) is 64.7 Å². The van der Waals surface area contributed by atoms with E-state index in [-0.39, 0.29) is 40.9 Å². The zero-order valence-electron chi connectivity index (χ0n) is 37.0. The lowest BCUT2D eigenvalue weighted by molar-refractivity contribution is -0.134. The minimum absolute atomic E-state index is 0.155. The number of amides is 2. The second-order valence-corrected chi connectivity index (χ2v) is 20.5. The molecule has 2 aromatic carbocycles. The van der Waals surface area contributed by atoms with Gasteiger partial charge in [0.1, 0.15) is 5.82 Å². The van der Waals surface area contributed by atoms with Crippen molar-refractivity contribution < 1.29 is 22.4 Å². The van der Waals surface area contributed by atoms with Crippen LogP contribution in [-0.2, 0) is 25.2 Å². The van der Waals surface area contributed by atoms with Crippen LogP contribution in [0.4, 0.5) is 33.2 Å². The van der Waals surface area contributed by atoms with Crippen molar-refractivity contribution in [1.82, 2.24) is 34.5 Å². The molecule has 15 nitrogen and oxygen atoms in total. The number of hydrogen-bond donors (Lipinski definition) is 3. The Hall–Kier alpha value is -5.56. The highest BCUT2D eigenvalue weighted by Crippen LogP contribution is 2.42. The number of imide groups is 1. The SMILES string of the molecule is CCN(C)S(=O)(=O)Nc1cccc(-c2nc(C(C)(C)C)sc2-c2ccnc(Nc3ccc(N4CCN(CC5CCN(c6ccc([C@@H]7CCC(=O)NC7=O)cc6)CC5)CC4)cn3)n2)c1F. The van der Waals surface area contributed by atoms with Gasteiger partial charge in [-0.15, -0.1) is 11.3 Å². The Labute approximate surface area is 378 Å². The van der Waals surface area contributed by atoms with E-state index in [9.17, 15) is 18.0 Å². The monoisotopic (exact) mass is 909 g/mol. The number of aromatic nitrogens is 4. The number of carbonyl (C=O) groups excluding carboxylic acids is 2. The van der Waals surface area contributed by atoms with Gasteiger partial charge in [-0.1, -0.05) is 45.9 Å². The van der Waals surface area contributed by atoms with Crippen molar-refractivity contribution in [2.24, 2.45) is 5.92 Å². The highest BCUT2D eigenvalue weighted by molar-refractivity contribution is 7.90. The van der Waals surface area contributed by atoms with Crippen molar-refractivity contribution in [3.8, 4) is 21.8 Å². The fourth-order valence-corrected chi connectivity index (χ4v) is 10.4. The standard InChI is InChI=1S/C46H56FN11O4S2/c1-6-55(5)64(61,62)54-36-9-7-8-35(40(36)47)41-42(63-44(53-41)46(2,3)4)37-18-21-48-45(50-37)51-38-16-14-33(28-49-38)58-26-24-56(25-27-58)29-30-19-22-57(23-20-30)32-12-10-31(11-13-32)34-15-17-39(59)52-43(34)60/h7-14,16,18,21,28,30,34,54H,6,15,17,19-20,22-27,29H2,1-5H3,(H,52,59,60)(H,48,49,50,51)/t34-/m0/s1.